The summed E-state index contributed by atoms with van der Waals surface area (Å²) >= 11 is 0. The molecule has 1 aliphatic rings. The molecule has 1 atom stereocenters. The fourth-order valence-corrected chi connectivity index (χ4v) is 2.85. The highest BCUT2D eigenvalue weighted by Crippen LogP contribution is 2.32. The molecule has 0 aromatic heterocycles. The normalized spacial score (nSPS) is 13.7. The van der Waals surface area contributed by atoms with Gasteiger partial charge in [-0.15, -0.1) is 0 Å². The van der Waals surface area contributed by atoms with Crippen LogP contribution < -0.4 is 10.2 Å². The van der Waals surface area contributed by atoms with E-state index in [1.165, 1.54) is 6.92 Å². The monoisotopic (exact) mass is 350 g/mol. The molecule has 0 radical (unpaired) electrons. The van der Waals surface area contributed by atoms with Crippen LogP contribution in [-0.4, -0.2) is 29.2 Å². The van der Waals surface area contributed by atoms with Gasteiger partial charge in [-0.05, 0) is 28.8 Å². The summed E-state index contributed by atoms with van der Waals surface area (Å²) in [6, 6.07) is 14.2. The first kappa shape index (κ1) is 17.4. The van der Waals surface area contributed by atoms with Crippen molar-refractivity contribution >= 4 is 23.7 Å². The third kappa shape index (κ3) is 3.97. The number of hydrogen-bond acceptors (Lipinski definition) is 4. The number of carbonyl (C=O) groups is 2. The van der Waals surface area contributed by atoms with Crippen LogP contribution in [0.25, 0.3) is 5.57 Å². The van der Waals surface area contributed by atoms with Gasteiger partial charge in [0.1, 0.15) is 6.04 Å². The lowest BCUT2D eigenvalue weighted by atomic mass is 9.94. The fraction of sp³-hybridized carbons (Fsp3) is 0.150. The minimum absolute atomic E-state index is 0.197. The lowest BCUT2D eigenvalue weighted by Crippen LogP contribution is -2.41. The van der Waals surface area contributed by atoms with Gasteiger partial charge < -0.3 is 15.3 Å². The number of benzene rings is 2. The average molecular weight is 350 g/mol. The van der Waals surface area contributed by atoms with Crippen LogP contribution in [0.4, 0.5) is 0 Å². The van der Waals surface area contributed by atoms with Crippen molar-refractivity contribution in [3.63, 3.8) is 0 Å². The minimum atomic E-state index is -1.06. The molecule has 0 unspecified atom stereocenters. The van der Waals surface area contributed by atoms with Crippen LogP contribution >= 0.6 is 0 Å². The van der Waals surface area contributed by atoms with Crippen molar-refractivity contribution in [2.75, 3.05) is 0 Å². The van der Waals surface area contributed by atoms with E-state index in [1.54, 1.807) is 6.21 Å². The number of hydrogen-bond donors (Lipinski definition) is 2. The molecule has 1 heterocycles. The van der Waals surface area contributed by atoms with E-state index >= 15 is 0 Å². The lowest BCUT2D eigenvalue weighted by Gasteiger charge is -2.15. The number of allylic oxidation sites excluding steroid dienone is 1. The number of rotatable bonds is 5. The van der Waals surface area contributed by atoms with Crippen molar-refractivity contribution < 1.29 is 19.5 Å². The zero-order valence-electron chi connectivity index (χ0n) is 14.2. The lowest BCUT2D eigenvalue weighted by molar-refractivity contribution is -0.141. The molecule has 0 aliphatic carbocycles. The van der Waals surface area contributed by atoms with Crippen molar-refractivity contribution in [1.82, 2.24) is 5.32 Å². The summed E-state index contributed by atoms with van der Waals surface area (Å²) in [5.74, 6) is -0.785. The molecular formula is C20H18N2O4. The first-order valence-electron chi connectivity index (χ1n) is 8.14. The first-order chi connectivity index (χ1) is 12.5. The Labute approximate surface area is 150 Å². The van der Waals surface area contributed by atoms with E-state index in [0.29, 0.717) is 5.75 Å². The summed E-state index contributed by atoms with van der Waals surface area (Å²) in [6.07, 6.45) is 3.63. The summed E-state index contributed by atoms with van der Waals surface area (Å²) in [5, 5.41) is 15.7. The van der Waals surface area contributed by atoms with Gasteiger partial charge in [-0.1, -0.05) is 47.6 Å². The topological polar surface area (TPSA) is 88.0 Å². The number of nitrogens with zero attached hydrogens (tertiary/aromatic N) is 1. The van der Waals surface area contributed by atoms with Gasteiger partial charge in [-0.3, -0.25) is 4.79 Å². The van der Waals surface area contributed by atoms with Gasteiger partial charge in [0, 0.05) is 18.9 Å². The van der Waals surface area contributed by atoms with Crippen LogP contribution in [0.5, 0.6) is 5.75 Å². The third-order valence-electron chi connectivity index (χ3n) is 3.98. The number of amides is 1. The van der Waals surface area contributed by atoms with Crippen molar-refractivity contribution in [1.29, 1.82) is 0 Å². The van der Waals surface area contributed by atoms with Crippen LogP contribution in [0.1, 0.15) is 23.6 Å². The largest absolute Gasteiger partial charge is 0.480 e. The van der Waals surface area contributed by atoms with E-state index in [-0.39, 0.29) is 12.3 Å². The molecule has 3 rings (SSSR count). The predicted molar refractivity (Wildman–Crippen MR) is 98.0 cm³/mol. The van der Waals surface area contributed by atoms with Gasteiger partial charge in [0.05, 0.1) is 6.21 Å². The highest BCUT2D eigenvalue weighted by molar-refractivity contribution is 5.93. The van der Waals surface area contributed by atoms with E-state index in [9.17, 15) is 14.7 Å². The molecule has 132 valence electrons. The summed E-state index contributed by atoms with van der Waals surface area (Å²) in [5.41, 5.74) is 3.55. The number of nitrogens with one attached hydrogen (secondary N) is 1. The Bertz CT molecular complexity index is 902. The third-order valence-corrected chi connectivity index (χ3v) is 3.98. The van der Waals surface area contributed by atoms with E-state index in [1.807, 2.05) is 54.6 Å². The molecule has 0 spiro atoms. The Morgan fingerprint density at radius 3 is 2.77 bits per heavy atom. The van der Waals surface area contributed by atoms with Crippen molar-refractivity contribution in [3.05, 3.63) is 71.3 Å². The first-order valence-corrected chi connectivity index (χ1v) is 8.14. The molecule has 26 heavy (non-hydrogen) atoms. The Hall–Kier alpha value is -3.41. The Kier molecular flexibility index (Phi) is 5.12. The van der Waals surface area contributed by atoms with Crippen LogP contribution in [0.15, 0.2) is 59.8 Å². The highest BCUT2D eigenvalue weighted by Gasteiger charge is 2.19. The Morgan fingerprint density at radius 1 is 1.19 bits per heavy atom. The van der Waals surface area contributed by atoms with Crippen molar-refractivity contribution in [2.24, 2.45) is 5.16 Å². The number of fused-ring (bicyclic) bond motifs is 1. The summed E-state index contributed by atoms with van der Waals surface area (Å²) in [7, 11) is 0. The maximum Gasteiger partial charge on any atom is 0.326 e. The van der Waals surface area contributed by atoms with E-state index in [2.05, 4.69) is 10.5 Å². The van der Waals surface area contributed by atoms with Gasteiger partial charge >= 0.3 is 5.97 Å². The van der Waals surface area contributed by atoms with E-state index < -0.39 is 12.0 Å². The molecule has 2 N–H and O–H groups in total. The second-order valence-corrected chi connectivity index (χ2v) is 5.92. The second kappa shape index (κ2) is 7.65. The van der Waals surface area contributed by atoms with Gasteiger partial charge in [0.2, 0.25) is 5.91 Å². The highest BCUT2D eigenvalue weighted by atomic mass is 16.6. The molecule has 0 saturated carbocycles. The number of carbonyl (C=O) groups excluding carboxylic acids is 1. The fourth-order valence-electron chi connectivity index (χ4n) is 2.85. The predicted octanol–water partition coefficient (Wildman–Crippen LogP) is 2.63. The number of aliphatic carboxylic acids is 1. The second-order valence-electron chi connectivity index (χ2n) is 5.92. The number of oxime groups is 1. The van der Waals surface area contributed by atoms with Gasteiger partial charge in [0.25, 0.3) is 0 Å². The zero-order valence-corrected chi connectivity index (χ0v) is 14.2. The van der Waals surface area contributed by atoms with Crippen molar-refractivity contribution in [3.8, 4) is 5.75 Å². The zero-order chi connectivity index (χ0) is 18.5. The van der Waals surface area contributed by atoms with E-state index in [0.717, 1.165) is 22.3 Å². The van der Waals surface area contributed by atoms with Crippen LogP contribution in [0, 0.1) is 0 Å². The summed E-state index contributed by atoms with van der Waals surface area (Å²) in [4.78, 5) is 28.0. The van der Waals surface area contributed by atoms with Crippen molar-refractivity contribution in [2.45, 2.75) is 19.4 Å². The number of carboxylic acid groups (broad SMARTS) is 1. The molecule has 2 aromatic carbocycles. The molecule has 0 saturated heterocycles. The summed E-state index contributed by atoms with van der Waals surface area (Å²) in [6.45, 7) is 1.30. The quantitative estimate of drug-likeness (QED) is 0.868. The van der Waals surface area contributed by atoms with Gasteiger partial charge in [0.15, 0.2) is 5.75 Å². The molecular weight excluding hydrogens is 332 g/mol. The molecule has 6 heteroatoms. The SMILES string of the molecule is CC(=O)N[C@@H](Cc1cccc(C2=CC=NOc3ccccc32)c1)C(=O)O. The molecule has 0 bridgehead atoms. The van der Waals surface area contributed by atoms with Crippen LogP contribution in [0.3, 0.4) is 0 Å². The van der Waals surface area contributed by atoms with Crippen LogP contribution in [0.2, 0.25) is 0 Å². The molecule has 6 nitrogen and oxygen atoms in total. The maximum absolute atomic E-state index is 11.4. The average Bonchev–Trinajstić information content (AvgIpc) is 2.83. The summed E-state index contributed by atoms with van der Waals surface area (Å²) < 4.78 is 0. The molecule has 1 aliphatic heterocycles. The number of para-hydroxylation sites is 1. The van der Waals surface area contributed by atoms with Gasteiger partial charge in [-0.25, -0.2) is 4.79 Å². The standard InChI is InChI=1S/C20H18N2O4/c1-13(23)22-18(20(24)25)12-14-5-4-6-15(11-14)16-9-10-21-26-19-8-3-2-7-17(16)19/h2-11,18H,12H2,1H3,(H,22,23)(H,24,25)/t18-/m0/s1. The Morgan fingerprint density at radius 2 is 2.00 bits per heavy atom. The minimum Gasteiger partial charge on any atom is -0.480 e. The van der Waals surface area contributed by atoms with Gasteiger partial charge in [-0.2, -0.15) is 0 Å². The van der Waals surface area contributed by atoms with Crippen LogP contribution in [-0.2, 0) is 16.0 Å². The molecule has 0 fully saturated rings. The van der Waals surface area contributed by atoms with E-state index in [4.69, 9.17) is 4.84 Å². The number of carboxylic acids is 1. The molecule has 2 aromatic rings. The molecule has 1 amide bonds. The maximum atomic E-state index is 11.4. The Balaban J connectivity index is 1.93. The smallest absolute Gasteiger partial charge is 0.326 e.